The summed E-state index contributed by atoms with van der Waals surface area (Å²) in [7, 11) is 0. The summed E-state index contributed by atoms with van der Waals surface area (Å²) in [6.07, 6.45) is 2.16. The van der Waals surface area contributed by atoms with Gasteiger partial charge in [0.2, 0.25) is 5.91 Å². The van der Waals surface area contributed by atoms with E-state index in [9.17, 15) is 9.90 Å². The predicted molar refractivity (Wildman–Crippen MR) is 84.4 cm³/mol. The van der Waals surface area contributed by atoms with Crippen LogP contribution in [0.15, 0.2) is 24.3 Å². The van der Waals surface area contributed by atoms with Gasteiger partial charge in [-0.3, -0.25) is 9.69 Å². The molecule has 1 aliphatic rings. The average Bonchev–Trinajstić information content (AvgIpc) is 2.50. The molecule has 1 saturated heterocycles. The molecule has 4 heteroatoms. The molecule has 0 bridgehead atoms. The van der Waals surface area contributed by atoms with Gasteiger partial charge in [-0.1, -0.05) is 12.1 Å². The van der Waals surface area contributed by atoms with Crippen molar-refractivity contribution in [3.63, 3.8) is 0 Å². The van der Waals surface area contributed by atoms with E-state index >= 15 is 0 Å². The van der Waals surface area contributed by atoms with E-state index in [1.807, 2.05) is 30.9 Å². The van der Waals surface area contributed by atoms with E-state index < -0.39 is 0 Å². The lowest BCUT2D eigenvalue weighted by molar-refractivity contribution is -0.132. The SMILES string of the molecule is CCN(CC)C(=O)CN1CCC(c2ccc(O)cc2)CC1. The van der Waals surface area contributed by atoms with Crippen molar-refractivity contribution in [3.8, 4) is 5.75 Å². The molecule has 4 nitrogen and oxygen atoms in total. The van der Waals surface area contributed by atoms with Gasteiger partial charge in [0.1, 0.15) is 5.75 Å². The largest absolute Gasteiger partial charge is 0.508 e. The fourth-order valence-corrected chi connectivity index (χ4v) is 3.04. The van der Waals surface area contributed by atoms with Crippen molar-refractivity contribution in [1.29, 1.82) is 0 Å². The molecule has 1 amide bonds. The number of piperidine rings is 1. The van der Waals surface area contributed by atoms with Crippen LogP contribution in [0.4, 0.5) is 0 Å². The Labute approximate surface area is 127 Å². The molecule has 0 radical (unpaired) electrons. The number of likely N-dealkylation sites (tertiary alicyclic amines) is 1. The van der Waals surface area contributed by atoms with E-state index in [4.69, 9.17) is 0 Å². The lowest BCUT2D eigenvalue weighted by Crippen LogP contribution is -2.43. The van der Waals surface area contributed by atoms with Crippen LogP contribution in [-0.2, 0) is 4.79 Å². The third kappa shape index (κ3) is 4.21. The number of hydrogen-bond donors (Lipinski definition) is 1. The van der Waals surface area contributed by atoms with Gasteiger partial charge in [0.25, 0.3) is 0 Å². The summed E-state index contributed by atoms with van der Waals surface area (Å²) >= 11 is 0. The Balaban J connectivity index is 1.83. The molecular formula is C17H26N2O2. The zero-order valence-electron chi connectivity index (χ0n) is 13.1. The van der Waals surface area contributed by atoms with Crippen LogP contribution in [0.1, 0.15) is 38.2 Å². The molecule has 21 heavy (non-hydrogen) atoms. The van der Waals surface area contributed by atoms with E-state index in [0.29, 0.717) is 18.2 Å². The molecule has 0 atom stereocenters. The summed E-state index contributed by atoms with van der Waals surface area (Å²) in [6, 6.07) is 7.53. The first-order valence-corrected chi connectivity index (χ1v) is 7.93. The quantitative estimate of drug-likeness (QED) is 0.906. The van der Waals surface area contributed by atoms with Crippen LogP contribution in [0, 0.1) is 0 Å². The number of rotatable bonds is 5. The number of amides is 1. The molecule has 0 saturated carbocycles. The predicted octanol–water partition coefficient (Wildman–Crippen LogP) is 2.44. The van der Waals surface area contributed by atoms with E-state index in [1.54, 1.807) is 12.1 Å². The third-order valence-electron chi connectivity index (χ3n) is 4.43. The maximum atomic E-state index is 12.1. The number of phenols is 1. The second-order valence-electron chi connectivity index (χ2n) is 5.71. The average molecular weight is 290 g/mol. The maximum Gasteiger partial charge on any atom is 0.236 e. The topological polar surface area (TPSA) is 43.8 Å². The van der Waals surface area contributed by atoms with Gasteiger partial charge >= 0.3 is 0 Å². The molecule has 1 aromatic carbocycles. The molecule has 0 aromatic heterocycles. The van der Waals surface area contributed by atoms with Gasteiger partial charge in [0.15, 0.2) is 0 Å². The van der Waals surface area contributed by atoms with E-state index in [-0.39, 0.29) is 5.91 Å². The molecule has 116 valence electrons. The van der Waals surface area contributed by atoms with Crippen molar-refractivity contribution in [2.24, 2.45) is 0 Å². The van der Waals surface area contributed by atoms with Crippen LogP contribution in [0.25, 0.3) is 0 Å². The van der Waals surface area contributed by atoms with Crippen LogP contribution in [0.2, 0.25) is 0 Å². The number of hydrogen-bond acceptors (Lipinski definition) is 3. The number of carbonyl (C=O) groups excluding carboxylic acids is 1. The summed E-state index contributed by atoms with van der Waals surface area (Å²) in [5.41, 5.74) is 1.29. The van der Waals surface area contributed by atoms with Gasteiger partial charge in [-0.15, -0.1) is 0 Å². The van der Waals surface area contributed by atoms with Gasteiger partial charge in [-0.05, 0) is 63.4 Å². The molecule has 0 unspecified atom stereocenters. The number of phenolic OH excluding ortho intramolecular Hbond substituents is 1. The first-order valence-electron chi connectivity index (χ1n) is 7.93. The molecule has 0 aliphatic carbocycles. The maximum absolute atomic E-state index is 12.1. The van der Waals surface area contributed by atoms with Gasteiger partial charge in [-0.25, -0.2) is 0 Å². The Morgan fingerprint density at radius 1 is 1.19 bits per heavy atom. The summed E-state index contributed by atoms with van der Waals surface area (Å²) in [5.74, 6) is 1.11. The van der Waals surface area contributed by atoms with Crippen LogP contribution in [0.5, 0.6) is 5.75 Å². The summed E-state index contributed by atoms with van der Waals surface area (Å²) < 4.78 is 0. The van der Waals surface area contributed by atoms with Crippen molar-refractivity contribution in [2.75, 3.05) is 32.7 Å². The van der Waals surface area contributed by atoms with Crippen molar-refractivity contribution in [2.45, 2.75) is 32.6 Å². The Bertz CT molecular complexity index is 446. The van der Waals surface area contributed by atoms with Crippen LogP contribution in [-0.4, -0.2) is 53.5 Å². The van der Waals surface area contributed by atoms with Crippen molar-refractivity contribution in [1.82, 2.24) is 9.80 Å². The Kier molecular flexibility index (Phi) is 5.62. The Morgan fingerprint density at radius 3 is 2.29 bits per heavy atom. The van der Waals surface area contributed by atoms with Gasteiger partial charge < -0.3 is 10.0 Å². The monoisotopic (exact) mass is 290 g/mol. The highest BCUT2D eigenvalue weighted by molar-refractivity contribution is 5.78. The molecule has 1 aliphatic heterocycles. The normalized spacial score (nSPS) is 16.9. The van der Waals surface area contributed by atoms with Crippen LogP contribution in [0.3, 0.4) is 0 Å². The molecule has 1 heterocycles. The zero-order valence-corrected chi connectivity index (χ0v) is 13.1. The smallest absolute Gasteiger partial charge is 0.236 e. The molecular weight excluding hydrogens is 264 g/mol. The van der Waals surface area contributed by atoms with Crippen LogP contribution >= 0.6 is 0 Å². The Hall–Kier alpha value is -1.55. The lowest BCUT2D eigenvalue weighted by Gasteiger charge is -2.33. The minimum Gasteiger partial charge on any atom is -0.508 e. The lowest BCUT2D eigenvalue weighted by atomic mass is 9.89. The van der Waals surface area contributed by atoms with Gasteiger partial charge in [0, 0.05) is 13.1 Å². The number of benzene rings is 1. The summed E-state index contributed by atoms with van der Waals surface area (Å²) in [4.78, 5) is 16.3. The Morgan fingerprint density at radius 2 is 1.76 bits per heavy atom. The number of likely N-dealkylation sites (N-methyl/N-ethyl adjacent to an activating group) is 1. The third-order valence-corrected chi connectivity index (χ3v) is 4.43. The summed E-state index contributed by atoms with van der Waals surface area (Å²) in [6.45, 7) is 8.12. The van der Waals surface area contributed by atoms with Crippen molar-refractivity contribution in [3.05, 3.63) is 29.8 Å². The minimum atomic E-state index is 0.239. The van der Waals surface area contributed by atoms with Crippen molar-refractivity contribution < 1.29 is 9.90 Å². The molecule has 1 fully saturated rings. The number of nitrogens with zero attached hydrogens (tertiary/aromatic N) is 2. The highest BCUT2D eigenvalue weighted by Gasteiger charge is 2.23. The first kappa shape index (κ1) is 15.8. The number of aromatic hydroxyl groups is 1. The zero-order chi connectivity index (χ0) is 15.2. The highest BCUT2D eigenvalue weighted by atomic mass is 16.3. The van der Waals surface area contributed by atoms with E-state index in [0.717, 1.165) is 39.0 Å². The highest BCUT2D eigenvalue weighted by Crippen LogP contribution is 2.28. The number of carbonyl (C=O) groups is 1. The molecule has 1 N–H and O–H groups in total. The fraction of sp³-hybridized carbons (Fsp3) is 0.588. The molecule has 2 rings (SSSR count). The fourth-order valence-electron chi connectivity index (χ4n) is 3.04. The van der Waals surface area contributed by atoms with E-state index in [1.165, 1.54) is 5.56 Å². The van der Waals surface area contributed by atoms with Crippen molar-refractivity contribution >= 4 is 5.91 Å². The van der Waals surface area contributed by atoms with Gasteiger partial charge in [0.05, 0.1) is 6.54 Å². The second kappa shape index (κ2) is 7.46. The van der Waals surface area contributed by atoms with Gasteiger partial charge in [-0.2, -0.15) is 0 Å². The molecule has 1 aromatic rings. The molecule has 0 spiro atoms. The summed E-state index contributed by atoms with van der Waals surface area (Å²) in [5, 5.41) is 9.34. The first-order chi connectivity index (χ1) is 10.1. The minimum absolute atomic E-state index is 0.239. The van der Waals surface area contributed by atoms with Crippen LogP contribution < -0.4 is 0 Å². The standard InChI is InChI=1S/C17H26N2O2/c1-3-19(4-2)17(21)13-18-11-9-15(10-12-18)14-5-7-16(20)8-6-14/h5-8,15,20H,3-4,9-13H2,1-2H3. The second-order valence-corrected chi connectivity index (χ2v) is 5.71. The van der Waals surface area contributed by atoms with E-state index in [2.05, 4.69) is 4.90 Å².